The number of aryl methyl sites for hydroxylation is 1. The fourth-order valence-corrected chi connectivity index (χ4v) is 2.99. The summed E-state index contributed by atoms with van der Waals surface area (Å²) in [7, 11) is 0. The molecule has 0 radical (unpaired) electrons. The summed E-state index contributed by atoms with van der Waals surface area (Å²) in [5.41, 5.74) is 10.3. The van der Waals surface area contributed by atoms with Crippen molar-refractivity contribution in [2.75, 3.05) is 23.3 Å². The molecule has 5 heteroatoms. The lowest BCUT2D eigenvalue weighted by Crippen LogP contribution is -2.28. The molecule has 0 unspecified atom stereocenters. The Bertz CT molecular complexity index is 768. The summed E-state index contributed by atoms with van der Waals surface area (Å²) in [5.74, 6) is 0.535. The molecule has 0 aromatic heterocycles. The summed E-state index contributed by atoms with van der Waals surface area (Å²) in [5, 5.41) is 3.06. The third-order valence-corrected chi connectivity index (χ3v) is 4.34. The second-order valence-electron chi connectivity index (χ2n) is 6.29. The smallest absolute Gasteiger partial charge is 0.227 e. The van der Waals surface area contributed by atoms with Crippen LogP contribution in [0.1, 0.15) is 24.0 Å². The zero-order valence-electron chi connectivity index (χ0n) is 14.5. The standard InChI is InChI=1S/C20H24N4O/c1-15-8-10-17(11-9-15)23-20(21)22-13-4-7-19(25)24-14-12-16-5-2-3-6-18(16)24/h2-3,5-6,8-11H,4,7,12-14H2,1H3,(H3,21,22,23). The van der Waals surface area contributed by atoms with E-state index in [2.05, 4.69) is 16.4 Å². The van der Waals surface area contributed by atoms with Crippen LogP contribution in [-0.2, 0) is 11.2 Å². The first kappa shape index (κ1) is 17.0. The third kappa shape index (κ3) is 4.38. The lowest BCUT2D eigenvalue weighted by molar-refractivity contribution is -0.118. The van der Waals surface area contributed by atoms with Crippen molar-refractivity contribution in [3.05, 3.63) is 59.7 Å². The predicted octanol–water partition coefficient (Wildman–Crippen LogP) is 3.09. The lowest BCUT2D eigenvalue weighted by Gasteiger charge is -2.17. The zero-order chi connectivity index (χ0) is 17.6. The molecule has 1 heterocycles. The van der Waals surface area contributed by atoms with Crippen LogP contribution in [0, 0.1) is 6.92 Å². The van der Waals surface area contributed by atoms with Crippen molar-refractivity contribution < 1.29 is 4.79 Å². The molecule has 1 aliphatic heterocycles. The van der Waals surface area contributed by atoms with E-state index < -0.39 is 0 Å². The van der Waals surface area contributed by atoms with E-state index in [0.717, 1.165) is 24.3 Å². The largest absolute Gasteiger partial charge is 0.370 e. The highest BCUT2D eigenvalue weighted by atomic mass is 16.2. The van der Waals surface area contributed by atoms with Gasteiger partial charge in [-0.25, -0.2) is 0 Å². The number of benzene rings is 2. The van der Waals surface area contributed by atoms with Crippen molar-refractivity contribution in [1.82, 2.24) is 0 Å². The van der Waals surface area contributed by atoms with Gasteiger partial charge in [-0.05, 0) is 43.5 Å². The normalized spacial score (nSPS) is 13.6. The summed E-state index contributed by atoms with van der Waals surface area (Å²) >= 11 is 0. The summed E-state index contributed by atoms with van der Waals surface area (Å²) in [4.78, 5) is 18.6. The van der Waals surface area contributed by atoms with Crippen LogP contribution in [0.25, 0.3) is 0 Å². The number of hydrogen-bond acceptors (Lipinski definition) is 2. The average molecular weight is 336 g/mol. The highest BCUT2D eigenvalue weighted by Crippen LogP contribution is 2.27. The Morgan fingerprint density at radius 1 is 1.20 bits per heavy atom. The number of carbonyl (C=O) groups is 1. The monoisotopic (exact) mass is 336 g/mol. The minimum atomic E-state index is 0.158. The number of amides is 1. The molecule has 0 bridgehead atoms. The summed E-state index contributed by atoms with van der Waals surface area (Å²) in [6, 6.07) is 16.1. The van der Waals surface area contributed by atoms with Crippen molar-refractivity contribution in [3.63, 3.8) is 0 Å². The Morgan fingerprint density at radius 2 is 1.96 bits per heavy atom. The second-order valence-corrected chi connectivity index (χ2v) is 6.29. The third-order valence-electron chi connectivity index (χ3n) is 4.34. The minimum Gasteiger partial charge on any atom is -0.370 e. The molecular weight excluding hydrogens is 312 g/mol. The Morgan fingerprint density at radius 3 is 2.76 bits per heavy atom. The lowest BCUT2D eigenvalue weighted by atomic mass is 10.2. The number of carbonyl (C=O) groups excluding carboxylic acids is 1. The van der Waals surface area contributed by atoms with Crippen molar-refractivity contribution >= 4 is 23.2 Å². The Balaban J connectivity index is 1.45. The summed E-state index contributed by atoms with van der Waals surface area (Å²) in [6.07, 6.45) is 2.11. The SMILES string of the molecule is Cc1ccc(NC(N)=NCCCC(=O)N2CCc3ccccc32)cc1. The van der Waals surface area contributed by atoms with Crippen molar-refractivity contribution in [2.45, 2.75) is 26.2 Å². The zero-order valence-corrected chi connectivity index (χ0v) is 14.5. The maximum Gasteiger partial charge on any atom is 0.227 e. The molecule has 25 heavy (non-hydrogen) atoms. The quantitative estimate of drug-likeness (QED) is 0.501. The minimum absolute atomic E-state index is 0.158. The number of anilines is 2. The van der Waals surface area contributed by atoms with Gasteiger partial charge in [0.25, 0.3) is 0 Å². The van der Waals surface area contributed by atoms with Gasteiger partial charge in [-0.2, -0.15) is 0 Å². The maximum absolute atomic E-state index is 12.4. The van der Waals surface area contributed by atoms with E-state index in [1.54, 1.807) is 0 Å². The fraction of sp³-hybridized carbons (Fsp3) is 0.300. The summed E-state index contributed by atoms with van der Waals surface area (Å²) < 4.78 is 0. The number of nitrogens with one attached hydrogen (secondary N) is 1. The van der Waals surface area contributed by atoms with E-state index in [9.17, 15) is 4.79 Å². The highest BCUT2D eigenvalue weighted by molar-refractivity contribution is 5.95. The van der Waals surface area contributed by atoms with E-state index in [1.165, 1.54) is 11.1 Å². The molecule has 0 spiro atoms. The van der Waals surface area contributed by atoms with Gasteiger partial charge >= 0.3 is 0 Å². The molecule has 3 N–H and O–H groups in total. The molecule has 1 aliphatic rings. The number of aliphatic imine (C=N–C) groups is 1. The Kier molecular flexibility index (Phi) is 5.33. The van der Waals surface area contributed by atoms with Gasteiger partial charge < -0.3 is 16.0 Å². The van der Waals surface area contributed by atoms with E-state index >= 15 is 0 Å². The van der Waals surface area contributed by atoms with Crippen molar-refractivity contribution in [1.29, 1.82) is 0 Å². The van der Waals surface area contributed by atoms with Crippen LogP contribution in [0.2, 0.25) is 0 Å². The number of para-hydroxylation sites is 1. The topological polar surface area (TPSA) is 70.7 Å². The van der Waals surface area contributed by atoms with E-state index in [4.69, 9.17) is 5.73 Å². The summed E-state index contributed by atoms with van der Waals surface area (Å²) in [6.45, 7) is 3.35. The van der Waals surface area contributed by atoms with E-state index in [0.29, 0.717) is 25.3 Å². The Hall–Kier alpha value is -2.82. The first-order valence-electron chi connectivity index (χ1n) is 8.65. The molecule has 0 fully saturated rings. The van der Waals surface area contributed by atoms with Gasteiger partial charge in [-0.3, -0.25) is 9.79 Å². The van der Waals surface area contributed by atoms with Crippen LogP contribution < -0.4 is 16.0 Å². The van der Waals surface area contributed by atoms with Gasteiger partial charge in [0, 0.05) is 30.9 Å². The average Bonchev–Trinajstić information content (AvgIpc) is 3.05. The molecule has 0 saturated carbocycles. The van der Waals surface area contributed by atoms with Gasteiger partial charge in [-0.15, -0.1) is 0 Å². The van der Waals surface area contributed by atoms with Crippen LogP contribution in [0.5, 0.6) is 0 Å². The fourth-order valence-electron chi connectivity index (χ4n) is 2.99. The van der Waals surface area contributed by atoms with Gasteiger partial charge in [-0.1, -0.05) is 35.9 Å². The molecule has 2 aromatic carbocycles. The van der Waals surface area contributed by atoms with E-state index in [-0.39, 0.29) is 5.91 Å². The molecule has 130 valence electrons. The van der Waals surface area contributed by atoms with Crippen molar-refractivity contribution in [3.8, 4) is 0 Å². The van der Waals surface area contributed by atoms with Crippen LogP contribution in [-0.4, -0.2) is 25.0 Å². The molecule has 5 nitrogen and oxygen atoms in total. The molecule has 2 aromatic rings. The number of nitrogens with two attached hydrogens (primary N) is 1. The van der Waals surface area contributed by atoms with Gasteiger partial charge in [0.05, 0.1) is 0 Å². The molecular formula is C20H24N4O. The molecule has 3 rings (SSSR count). The van der Waals surface area contributed by atoms with Gasteiger partial charge in [0.2, 0.25) is 5.91 Å². The second kappa shape index (κ2) is 7.83. The van der Waals surface area contributed by atoms with Crippen LogP contribution in [0.3, 0.4) is 0 Å². The maximum atomic E-state index is 12.4. The molecule has 0 aliphatic carbocycles. The number of hydrogen-bond donors (Lipinski definition) is 2. The van der Waals surface area contributed by atoms with Crippen LogP contribution in [0.4, 0.5) is 11.4 Å². The van der Waals surface area contributed by atoms with Gasteiger partial charge in [0.15, 0.2) is 5.96 Å². The molecule has 0 saturated heterocycles. The predicted molar refractivity (Wildman–Crippen MR) is 103 cm³/mol. The van der Waals surface area contributed by atoms with Gasteiger partial charge in [0.1, 0.15) is 0 Å². The van der Waals surface area contributed by atoms with Crippen molar-refractivity contribution in [2.24, 2.45) is 10.7 Å². The first-order chi connectivity index (χ1) is 12.1. The number of guanidine groups is 1. The first-order valence-corrected chi connectivity index (χ1v) is 8.65. The van der Waals surface area contributed by atoms with E-state index in [1.807, 2.05) is 54.3 Å². The van der Waals surface area contributed by atoms with Crippen LogP contribution in [0.15, 0.2) is 53.5 Å². The Labute approximate surface area is 148 Å². The van der Waals surface area contributed by atoms with Crippen LogP contribution >= 0.6 is 0 Å². The number of rotatable bonds is 5. The molecule has 1 amide bonds. The number of fused-ring (bicyclic) bond motifs is 1. The highest BCUT2D eigenvalue weighted by Gasteiger charge is 2.23. The molecule has 0 atom stereocenters. The number of nitrogens with zero attached hydrogens (tertiary/aromatic N) is 2.